The summed E-state index contributed by atoms with van der Waals surface area (Å²) in [6.45, 7) is 9.81. The van der Waals surface area contributed by atoms with Gasteiger partial charge in [0.05, 0.1) is 37.6 Å². The Morgan fingerprint density at radius 2 is 1.11 bits per heavy atom. The Bertz CT molecular complexity index is 2290. The van der Waals surface area contributed by atoms with Crippen molar-refractivity contribution in [3.8, 4) is 17.5 Å². The molecule has 4 aromatic carbocycles. The van der Waals surface area contributed by atoms with E-state index in [0.717, 1.165) is 16.6 Å². The summed E-state index contributed by atoms with van der Waals surface area (Å²) >= 11 is 0. The average Bonchev–Trinajstić information content (AvgIpc) is 3.48. The first kappa shape index (κ1) is 48.3. The topological polar surface area (TPSA) is 203 Å². The number of aliphatic hydroxyl groups is 2. The minimum atomic E-state index is -0.745. The molecule has 2 saturated heterocycles. The summed E-state index contributed by atoms with van der Waals surface area (Å²) in [6, 6.07) is 28.9. The lowest BCUT2D eigenvalue weighted by molar-refractivity contribution is 0.00578. The van der Waals surface area contributed by atoms with Crippen molar-refractivity contribution in [2.45, 2.75) is 67.0 Å². The number of aromatic nitrogens is 2. The number of carbonyl (C=O) groups excluding carboxylic acids is 2. The number of morpholine rings is 1. The second-order valence-corrected chi connectivity index (χ2v) is 14.9. The number of amides is 4. The first-order chi connectivity index (χ1) is 28.8. The van der Waals surface area contributed by atoms with Crippen LogP contribution in [-0.4, -0.2) is 76.9 Å². The summed E-state index contributed by atoms with van der Waals surface area (Å²) < 4.78 is 32.0. The molecular weight excluding hydrogens is 794 g/mol. The zero-order chi connectivity index (χ0) is 42.9. The van der Waals surface area contributed by atoms with E-state index in [0.29, 0.717) is 54.6 Å². The first-order valence-electron chi connectivity index (χ1n) is 19.2. The van der Waals surface area contributed by atoms with Crippen LogP contribution in [0.5, 0.6) is 0 Å². The third-order valence-corrected chi connectivity index (χ3v) is 10.1. The van der Waals surface area contributed by atoms with E-state index >= 15 is 0 Å². The van der Waals surface area contributed by atoms with Crippen LogP contribution in [0.1, 0.15) is 59.4 Å². The van der Waals surface area contributed by atoms with Gasteiger partial charge in [0.1, 0.15) is 6.07 Å². The van der Waals surface area contributed by atoms with Crippen LogP contribution in [0.3, 0.4) is 0 Å². The van der Waals surface area contributed by atoms with E-state index in [1.807, 2.05) is 52.0 Å². The highest BCUT2D eigenvalue weighted by molar-refractivity contribution is 6.62. The van der Waals surface area contributed by atoms with Crippen LogP contribution in [0, 0.1) is 17.1 Å². The van der Waals surface area contributed by atoms with Crippen molar-refractivity contribution >= 4 is 53.2 Å². The van der Waals surface area contributed by atoms with Crippen molar-refractivity contribution in [2.75, 3.05) is 52.5 Å². The van der Waals surface area contributed by atoms with Gasteiger partial charge in [-0.15, -0.1) is 0 Å². The van der Waals surface area contributed by atoms with E-state index in [9.17, 15) is 19.2 Å². The van der Waals surface area contributed by atoms with Crippen LogP contribution in [-0.2, 0) is 27.3 Å². The maximum atomic E-state index is 14.7. The number of nitriles is 1. The number of carbonyl (C=O) groups is 2. The highest BCUT2D eigenvalue weighted by Crippen LogP contribution is 2.36. The molecule has 17 heteroatoms. The van der Waals surface area contributed by atoms with Crippen molar-refractivity contribution < 1.29 is 38.2 Å². The van der Waals surface area contributed by atoms with Crippen LogP contribution in [0.2, 0.25) is 0 Å². The molecule has 0 bridgehead atoms. The van der Waals surface area contributed by atoms with Crippen LogP contribution in [0.15, 0.2) is 97.1 Å². The molecule has 0 radical (unpaired) electrons. The predicted molar refractivity (Wildman–Crippen MR) is 241 cm³/mol. The molecular formula is C45H54BFN8O7. The first-order valence-corrected chi connectivity index (χ1v) is 19.2. The molecule has 1 aromatic heterocycles. The Kier molecular flexibility index (Phi) is 16.7. The highest BCUT2D eigenvalue weighted by Gasteiger charge is 2.51. The molecule has 0 spiro atoms. The number of ether oxygens (including phenoxy) is 1. The quantitative estimate of drug-likeness (QED) is 0.0801. The summed E-state index contributed by atoms with van der Waals surface area (Å²) in [5.41, 5.74) is 4.34. The van der Waals surface area contributed by atoms with Crippen LogP contribution >= 0.6 is 0 Å². The van der Waals surface area contributed by atoms with Crippen molar-refractivity contribution in [1.82, 2.24) is 9.97 Å². The summed E-state index contributed by atoms with van der Waals surface area (Å²) in [4.78, 5) is 34.5. The molecule has 0 unspecified atom stereocenters. The molecule has 0 aliphatic carbocycles. The van der Waals surface area contributed by atoms with E-state index in [2.05, 4.69) is 31.2 Å². The second kappa shape index (κ2) is 21.4. The van der Waals surface area contributed by atoms with Crippen LogP contribution in [0.25, 0.3) is 11.4 Å². The summed E-state index contributed by atoms with van der Waals surface area (Å²) in [7, 11) is -0.428. The minimum absolute atomic E-state index is 0. The predicted octanol–water partition coefficient (Wildman–Crippen LogP) is 7.52. The second-order valence-electron chi connectivity index (χ2n) is 14.9. The van der Waals surface area contributed by atoms with Crippen LogP contribution in [0.4, 0.5) is 42.5 Å². The number of hydrogen-bond donors (Lipinski definition) is 6. The molecule has 15 nitrogen and oxygen atoms in total. The Hall–Kier alpha value is -6.42. The van der Waals surface area contributed by atoms with E-state index in [4.69, 9.17) is 24.3 Å². The van der Waals surface area contributed by atoms with Gasteiger partial charge >= 0.3 is 19.2 Å². The third kappa shape index (κ3) is 12.1. The fourth-order valence-electron chi connectivity index (χ4n) is 6.00. The smallest absolute Gasteiger partial charge is 0.399 e. The van der Waals surface area contributed by atoms with Gasteiger partial charge in [0.15, 0.2) is 17.3 Å². The van der Waals surface area contributed by atoms with Gasteiger partial charge in [-0.3, -0.25) is 0 Å². The minimum Gasteiger partial charge on any atom is -0.399 e. The van der Waals surface area contributed by atoms with Gasteiger partial charge in [0.25, 0.3) is 0 Å². The standard InChI is InChI=1S/C23H21FN6O3.C20H25BN2O4.2CH4/c24-20-19(13-25)28-21(29-22(20)30-9-11-33-12-10-30)16-3-7-18(8-4-16)27-23(32)26-17-5-1-15(14-31)2-6-17;1-19(2)20(3,4)27-21(26-19)15-7-11-17(12-8-15)23-18(25)22-16-9-5-14(13-24)6-10-16;;/h1-8,31H,9-12,14H2,(H2,26,27,32);5-12,24H,13H2,1-4H3,(H2,22,23,25);2*1H4. The van der Waals surface area contributed by atoms with E-state index in [-0.39, 0.29) is 62.6 Å². The zero-order valence-corrected chi connectivity index (χ0v) is 33.7. The zero-order valence-electron chi connectivity index (χ0n) is 33.7. The molecule has 3 heterocycles. The Labute approximate surface area is 362 Å². The number of aliphatic hydroxyl groups excluding tert-OH is 2. The molecule has 2 aliphatic rings. The number of urea groups is 2. The summed E-state index contributed by atoms with van der Waals surface area (Å²) in [5, 5.41) is 38.4. The van der Waals surface area contributed by atoms with Crippen molar-refractivity contribution in [2.24, 2.45) is 0 Å². The molecule has 326 valence electrons. The highest BCUT2D eigenvalue weighted by atomic mass is 19.1. The molecule has 2 fully saturated rings. The fraction of sp³-hybridized carbons (Fsp3) is 0.311. The van der Waals surface area contributed by atoms with Crippen LogP contribution < -0.4 is 31.6 Å². The lowest BCUT2D eigenvalue weighted by Gasteiger charge is -2.32. The Balaban J connectivity index is 0.000000269. The van der Waals surface area contributed by atoms with E-state index in [1.165, 1.54) is 0 Å². The molecule has 2 aliphatic heterocycles. The molecule has 6 N–H and O–H groups in total. The van der Waals surface area contributed by atoms with Crippen molar-refractivity contribution in [3.63, 3.8) is 0 Å². The lowest BCUT2D eigenvalue weighted by Crippen LogP contribution is -2.41. The van der Waals surface area contributed by atoms with E-state index < -0.39 is 19.0 Å². The number of halogens is 1. The van der Waals surface area contributed by atoms with Crippen molar-refractivity contribution in [1.29, 1.82) is 5.26 Å². The molecule has 4 amide bonds. The van der Waals surface area contributed by atoms with Gasteiger partial charge < -0.3 is 50.4 Å². The number of nitrogens with zero attached hydrogens (tertiary/aromatic N) is 4. The summed E-state index contributed by atoms with van der Waals surface area (Å²) in [5.74, 6) is -0.451. The van der Waals surface area contributed by atoms with E-state index in [1.54, 1.807) is 83.8 Å². The number of hydrogen-bond acceptors (Lipinski definition) is 11. The summed E-state index contributed by atoms with van der Waals surface area (Å²) in [6.07, 6.45) is 0. The molecule has 7 rings (SSSR count). The Morgan fingerprint density at radius 1 is 0.710 bits per heavy atom. The molecule has 0 atom stereocenters. The van der Waals surface area contributed by atoms with Gasteiger partial charge in [-0.1, -0.05) is 51.3 Å². The van der Waals surface area contributed by atoms with Gasteiger partial charge in [0.2, 0.25) is 5.82 Å². The number of benzene rings is 4. The maximum absolute atomic E-state index is 14.7. The Morgan fingerprint density at radius 3 is 1.52 bits per heavy atom. The number of anilines is 5. The SMILES string of the molecule is C.C.CC1(C)OB(c2ccc(NC(=O)Nc3ccc(CO)cc3)cc2)OC1(C)C.N#Cc1nc(-c2ccc(NC(=O)Nc3ccc(CO)cc3)cc2)nc(N2CCOCC2)c1F. The maximum Gasteiger partial charge on any atom is 0.494 e. The number of rotatable bonds is 9. The average molecular weight is 849 g/mol. The fourth-order valence-corrected chi connectivity index (χ4v) is 6.00. The lowest BCUT2D eigenvalue weighted by atomic mass is 9.79. The largest absolute Gasteiger partial charge is 0.494 e. The monoisotopic (exact) mass is 848 g/mol. The van der Waals surface area contributed by atoms with Gasteiger partial charge in [-0.2, -0.15) is 9.65 Å². The van der Waals surface area contributed by atoms with Gasteiger partial charge in [-0.05, 0) is 105 Å². The van der Waals surface area contributed by atoms with Gasteiger partial charge in [0, 0.05) is 41.4 Å². The van der Waals surface area contributed by atoms with Crippen molar-refractivity contribution in [3.05, 3.63) is 120 Å². The molecule has 0 saturated carbocycles. The third-order valence-electron chi connectivity index (χ3n) is 10.1. The normalized spacial score (nSPS) is 14.7. The molecule has 62 heavy (non-hydrogen) atoms. The van der Waals surface area contributed by atoms with Gasteiger partial charge in [-0.25, -0.2) is 19.6 Å². The molecule has 5 aromatic rings. The number of nitrogens with one attached hydrogen (secondary N) is 4.